The molecule has 0 spiro atoms. The third kappa shape index (κ3) is 8.68. The van der Waals surface area contributed by atoms with Gasteiger partial charge in [0.25, 0.3) is 0 Å². The molecule has 4 heterocycles. The van der Waals surface area contributed by atoms with Crippen molar-refractivity contribution in [2.24, 2.45) is 0 Å². The minimum atomic E-state index is -0.992. The molecule has 0 saturated heterocycles. The quantitative estimate of drug-likeness (QED) is 0.0575. The summed E-state index contributed by atoms with van der Waals surface area (Å²) in [6, 6.07) is 36.7. The Morgan fingerprint density at radius 1 is 0.424 bits per heavy atom. The molecule has 0 unspecified atom stereocenters. The normalized spacial score (nSPS) is 13.5. The van der Waals surface area contributed by atoms with Gasteiger partial charge in [0.1, 0.15) is 11.5 Å². The number of hydrogen-bond donors (Lipinski definition) is 0. The van der Waals surface area contributed by atoms with Crippen LogP contribution in [-0.4, -0.2) is 13.2 Å². The van der Waals surface area contributed by atoms with Crippen LogP contribution in [0.1, 0.15) is 31.8 Å². The molecule has 6 aromatic carbocycles. The molecule has 8 aromatic rings. The van der Waals surface area contributed by atoms with Gasteiger partial charge in [0, 0.05) is 73.8 Å². The zero-order valence-corrected chi connectivity index (χ0v) is 39.9. The fraction of sp³-hybridized carbons (Fsp3) is 0.111. The zero-order chi connectivity index (χ0) is 45.3. The number of thiophene rings is 2. The van der Waals surface area contributed by atoms with E-state index in [9.17, 15) is 0 Å². The molecule has 0 saturated carbocycles. The standard InChI is InChI=1S/C54H38F4O2S6/c1-3-5-27-59-33-19-15-31(16-20-33)35-23-25-37(49(57)47(35)55)39-29-61-51(53-63-41-11-7-8-12-42(41)64-53)45(39)46-40(30-62-52(46)54-65-43-13-9-10-14-44(43)66-54)38-26-24-36(48(56)50(38)58)32-17-21-34(22-18-32)60-28-6-4-2/h3-4,7-26,29-30,53-54H,1-2,5-6,27-28H2. The van der Waals surface area contributed by atoms with E-state index in [1.807, 2.05) is 35.0 Å². The van der Waals surface area contributed by atoms with E-state index in [1.54, 1.807) is 132 Å². The van der Waals surface area contributed by atoms with E-state index >= 15 is 17.6 Å². The first-order valence-corrected chi connectivity index (χ1v) is 26.3. The maximum atomic E-state index is 17.0. The Labute approximate surface area is 406 Å². The van der Waals surface area contributed by atoms with Crippen molar-refractivity contribution in [1.82, 2.24) is 0 Å². The van der Waals surface area contributed by atoms with Gasteiger partial charge in [-0.05, 0) is 83.3 Å². The van der Waals surface area contributed by atoms with Gasteiger partial charge in [0.2, 0.25) is 0 Å². The van der Waals surface area contributed by atoms with Crippen LogP contribution in [0.25, 0.3) is 55.6 Å². The Bertz CT molecular complexity index is 2850. The Balaban J connectivity index is 1.12. The highest BCUT2D eigenvalue weighted by molar-refractivity contribution is 8.19. The average molecular weight is 987 g/mol. The number of ether oxygens (including phenoxy) is 2. The number of fused-ring (bicyclic) bond motifs is 2. The zero-order valence-electron chi connectivity index (χ0n) is 35.0. The van der Waals surface area contributed by atoms with Crippen LogP contribution in [0.2, 0.25) is 0 Å². The second-order valence-electron chi connectivity index (χ2n) is 15.3. The lowest BCUT2D eigenvalue weighted by atomic mass is 9.90. The van der Waals surface area contributed by atoms with Gasteiger partial charge in [-0.3, -0.25) is 0 Å². The molecule has 2 nitrogen and oxygen atoms in total. The molecular weight excluding hydrogens is 949 g/mol. The molecule has 0 aliphatic carbocycles. The number of thioether (sulfide) groups is 4. The molecule has 0 fully saturated rings. The van der Waals surface area contributed by atoms with Crippen molar-refractivity contribution < 1.29 is 27.0 Å². The molecule has 0 amide bonds. The lowest BCUT2D eigenvalue weighted by Gasteiger charge is -2.19. The molecular formula is C54H38F4O2S6. The van der Waals surface area contributed by atoms with E-state index in [0.717, 1.165) is 29.3 Å². The summed E-state index contributed by atoms with van der Waals surface area (Å²) in [5.41, 5.74) is 3.74. The van der Waals surface area contributed by atoms with Gasteiger partial charge in [-0.1, -0.05) is 84.9 Å². The van der Waals surface area contributed by atoms with E-state index in [1.165, 1.54) is 22.7 Å². The fourth-order valence-electron chi connectivity index (χ4n) is 7.96. The predicted molar refractivity (Wildman–Crippen MR) is 272 cm³/mol. The van der Waals surface area contributed by atoms with E-state index in [2.05, 4.69) is 37.4 Å². The Morgan fingerprint density at radius 3 is 1.11 bits per heavy atom. The van der Waals surface area contributed by atoms with Crippen LogP contribution in [-0.2, 0) is 0 Å². The molecule has 0 N–H and O–H groups in total. The highest BCUT2D eigenvalue weighted by atomic mass is 32.2. The number of halogens is 4. The van der Waals surface area contributed by atoms with Crippen LogP contribution in [0.5, 0.6) is 11.5 Å². The Kier molecular flexibility index (Phi) is 13.3. The van der Waals surface area contributed by atoms with Gasteiger partial charge in [-0.15, -0.1) is 82.9 Å². The third-order valence-electron chi connectivity index (χ3n) is 11.2. The highest BCUT2D eigenvalue weighted by Crippen LogP contribution is 2.65. The molecule has 12 heteroatoms. The van der Waals surface area contributed by atoms with Gasteiger partial charge >= 0.3 is 0 Å². The molecule has 0 radical (unpaired) electrons. The van der Waals surface area contributed by atoms with Crippen LogP contribution < -0.4 is 9.47 Å². The predicted octanol–water partition coefficient (Wildman–Crippen LogP) is 18.4. The Morgan fingerprint density at radius 2 is 0.758 bits per heavy atom. The third-order valence-corrected chi connectivity index (χ3v) is 19.6. The maximum Gasteiger partial charge on any atom is 0.167 e. The van der Waals surface area contributed by atoms with E-state index in [0.29, 0.717) is 70.9 Å². The van der Waals surface area contributed by atoms with Crippen molar-refractivity contribution in [3.63, 3.8) is 0 Å². The molecule has 10 rings (SSSR count). The first-order valence-electron chi connectivity index (χ1n) is 21.0. The van der Waals surface area contributed by atoms with Crippen LogP contribution in [0, 0.1) is 23.3 Å². The highest BCUT2D eigenvalue weighted by Gasteiger charge is 2.37. The van der Waals surface area contributed by atoms with Gasteiger partial charge in [-0.25, -0.2) is 17.6 Å². The second kappa shape index (κ2) is 19.6. The largest absolute Gasteiger partial charge is 0.493 e. The van der Waals surface area contributed by atoms with Gasteiger partial charge in [0.05, 0.1) is 22.4 Å². The molecule has 330 valence electrons. The summed E-state index contributed by atoms with van der Waals surface area (Å²) in [6.07, 6.45) is 4.90. The SMILES string of the molecule is C=CCCOc1ccc(-c2ccc(-c3csc(C4Sc5ccccc5S4)c3-c3c(-c4ccc(-c5ccc(OCCC=C)cc5)c(F)c4F)csc3C3Sc4ccccc4S3)c(F)c2F)cc1. The van der Waals surface area contributed by atoms with Crippen molar-refractivity contribution in [2.45, 2.75) is 41.6 Å². The van der Waals surface area contributed by atoms with Crippen molar-refractivity contribution in [3.8, 4) is 67.1 Å². The summed E-state index contributed by atoms with van der Waals surface area (Å²) in [4.78, 5) is 6.33. The lowest BCUT2D eigenvalue weighted by Crippen LogP contribution is -1.99. The van der Waals surface area contributed by atoms with Crippen molar-refractivity contribution in [1.29, 1.82) is 0 Å². The summed E-state index contributed by atoms with van der Waals surface area (Å²) in [7, 11) is 0. The lowest BCUT2D eigenvalue weighted by molar-refractivity contribution is 0.325. The smallest absolute Gasteiger partial charge is 0.167 e. The molecule has 66 heavy (non-hydrogen) atoms. The first-order chi connectivity index (χ1) is 32.3. The molecule has 0 atom stereocenters. The van der Waals surface area contributed by atoms with Crippen LogP contribution in [0.3, 0.4) is 0 Å². The van der Waals surface area contributed by atoms with E-state index in [4.69, 9.17) is 9.47 Å². The summed E-state index contributed by atoms with van der Waals surface area (Å²) in [5, 5.41) is 3.78. The number of hydrogen-bond acceptors (Lipinski definition) is 8. The van der Waals surface area contributed by atoms with Crippen molar-refractivity contribution >= 4 is 69.7 Å². The minimum Gasteiger partial charge on any atom is -0.493 e. The van der Waals surface area contributed by atoms with Crippen LogP contribution in [0.4, 0.5) is 17.6 Å². The molecule has 2 aliphatic rings. The van der Waals surface area contributed by atoms with Gasteiger partial charge in [0.15, 0.2) is 23.3 Å². The summed E-state index contributed by atoms with van der Waals surface area (Å²) >= 11 is 9.75. The average Bonchev–Trinajstić information content (AvgIpc) is 4.16. The summed E-state index contributed by atoms with van der Waals surface area (Å²) in [6.45, 7) is 8.37. The van der Waals surface area contributed by atoms with Gasteiger partial charge in [-0.2, -0.15) is 0 Å². The number of benzene rings is 6. The van der Waals surface area contributed by atoms with Crippen molar-refractivity contribution in [3.05, 3.63) is 190 Å². The minimum absolute atomic E-state index is 0.0840. The number of rotatable bonds is 15. The fourth-order valence-corrected chi connectivity index (χ4v) is 16.5. The van der Waals surface area contributed by atoms with E-state index < -0.39 is 23.3 Å². The van der Waals surface area contributed by atoms with E-state index in [-0.39, 0.29) is 31.4 Å². The summed E-state index contributed by atoms with van der Waals surface area (Å²) in [5.74, 6) is -2.71. The van der Waals surface area contributed by atoms with Gasteiger partial charge < -0.3 is 9.47 Å². The van der Waals surface area contributed by atoms with Crippen LogP contribution in [0.15, 0.2) is 177 Å². The topological polar surface area (TPSA) is 18.5 Å². The first kappa shape index (κ1) is 44.7. The van der Waals surface area contributed by atoms with Crippen molar-refractivity contribution in [2.75, 3.05) is 13.2 Å². The Hall–Kier alpha value is -5.08. The van der Waals surface area contributed by atoms with Crippen LogP contribution >= 0.6 is 69.7 Å². The summed E-state index contributed by atoms with van der Waals surface area (Å²) < 4.78 is 78.5. The monoisotopic (exact) mass is 986 g/mol. The second-order valence-corrected chi connectivity index (χ2v) is 22.3. The maximum absolute atomic E-state index is 17.0. The molecule has 2 aliphatic heterocycles. The molecule has 0 bridgehead atoms. The molecule has 2 aromatic heterocycles.